The minimum absolute atomic E-state index is 0.0145. The smallest absolute Gasteiger partial charge is 0.318 e. The molecule has 1 aromatic rings. The van der Waals surface area contributed by atoms with Gasteiger partial charge < -0.3 is 19.5 Å². The molecule has 20 heavy (non-hydrogen) atoms. The zero-order chi connectivity index (χ0) is 13.9. The topological polar surface area (TPSA) is 67.6 Å². The summed E-state index contributed by atoms with van der Waals surface area (Å²) in [6.07, 6.45) is 4.22. The molecular formula is C14H21N3O3. The molecule has 0 bridgehead atoms. The van der Waals surface area contributed by atoms with E-state index in [4.69, 9.17) is 9.26 Å². The molecule has 3 rings (SSSR count). The van der Waals surface area contributed by atoms with Crippen LogP contribution in [-0.2, 0) is 4.74 Å². The van der Waals surface area contributed by atoms with E-state index >= 15 is 0 Å². The third-order valence-electron chi connectivity index (χ3n) is 3.99. The lowest BCUT2D eigenvalue weighted by molar-refractivity contribution is 0.108. The number of hydrogen-bond acceptors (Lipinski definition) is 4. The molecule has 2 atom stereocenters. The Labute approximate surface area is 118 Å². The SMILES string of the molecule is Cc1cc([C@@H]2CCCN2C(=O)NC[C@H]2CCCO2)on1. The number of aryl methyl sites for hydroxylation is 1. The quantitative estimate of drug-likeness (QED) is 0.919. The summed E-state index contributed by atoms with van der Waals surface area (Å²) in [5.74, 6) is 0.785. The van der Waals surface area contributed by atoms with Crippen LogP contribution in [0.2, 0.25) is 0 Å². The Morgan fingerprint density at radius 2 is 2.40 bits per heavy atom. The van der Waals surface area contributed by atoms with Crippen LogP contribution in [0.1, 0.15) is 43.2 Å². The number of carbonyl (C=O) groups excluding carboxylic acids is 1. The number of nitrogens with zero attached hydrogens (tertiary/aromatic N) is 2. The Kier molecular flexibility index (Phi) is 3.91. The van der Waals surface area contributed by atoms with Crippen molar-refractivity contribution in [2.45, 2.75) is 44.8 Å². The Morgan fingerprint density at radius 1 is 1.50 bits per heavy atom. The molecule has 0 saturated carbocycles. The van der Waals surface area contributed by atoms with Gasteiger partial charge in [-0.15, -0.1) is 0 Å². The largest absolute Gasteiger partial charge is 0.376 e. The predicted molar refractivity (Wildman–Crippen MR) is 72.3 cm³/mol. The van der Waals surface area contributed by atoms with Gasteiger partial charge >= 0.3 is 6.03 Å². The lowest BCUT2D eigenvalue weighted by Crippen LogP contribution is -2.42. The fourth-order valence-corrected chi connectivity index (χ4v) is 2.95. The van der Waals surface area contributed by atoms with E-state index in [0.717, 1.165) is 50.3 Å². The van der Waals surface area contributed by atoms with Gasteiger partial charge in [0, 0.05) is 25.8 Å². The molecule has 2 aliphatic rings. The summed E-state index contributed by atoms with van der Waals surface area (Å²) in [4.78, 5) is 14.1. The number of amides is 2. The third-order valence-corrected chi connectivity index (χ3v) is 3.99. The van der Waals surface area contributed by atoms with Crippen LogP contribution in [0.5, 0.6) is 0 Å². The molecule has 1 N–H and O–H groups in total. The average molecular weight is 279 g/mol. The summed E-state index contributed by atoms with van der Waals surface area (Å²) in [5, 5.41) is 6.88. The summed E-state index contributed by atoms with van der Waals surface area (Å²) in [5.41, 5.74) is 0.853. The summed E-state index contributed by atoms with van der Waals surface area (Å²) < 4.78 is 10.8. The molecule has 3 heterocycles. The van der Waals surface area contributed by atoms with Crippen LogP contribution in [0.4, 0.5) is 4.79 Å². The second-order valence-corrected chi connectivity index (χ2v) is 5.54. The molecule has 2 saturated heterocycles. The highest BCUT2D eigenvalue weighted by Crippen LogP contribution is 2.32. The van der Waals surface area contributed by atoms with Crippen LogP contribution in [0.15, 0.2) is 10.6 Å². The van der Waals surface area contributed by atoms with E-state index in [2.05, 4.69) is 10.5 Å². The molecular weight excluding hydrogens is 258 g/mol. The first kappa shape index (κ1) is 13.4. The molecule has 0 radical (unpaired) electrons. The van der Waals surface area contributed by atoms with Crippen molar-refractivity contribution in [1.82, 2.24) is 15.4 Å². The zero-order valence-electron chi connectivity index (χ0n) is 11.8. The van der Waals surface area contributed by atoms with Gasteiger partial charge in [0.2, 0.25) is 0 Å². The van der Waals surface area contributed by atoms with Gasteiger partial charge in [0.05, 0.1) is 17.8 Å². The van der Waals surface area contributed by atoms with Crippen LogP contribution < -0.4 is 5.32 Å². The predicted octanol–water partition coefficient (Wildman–Crippen LogP) is 2.01. The minimum Gasteiger partial charge on any atom is -0.376 e. The van der Waals surface area contributed by atoms with Gasteiger partial charge in [-0.1, -0.05) is 5.16 Å². The molecule has 6 nitrogen and oxygen atoms in total. The molecule has 0 aromatic carbocycles. The maximum Gasteiger partial charge on any atom is 0.318 e. The highest BCUT2D eigenvalue weighted by atomic mass is 16.5. The maximum absolute atomic E-state index is 12.3. The molecule has 110 valence electrons. The summed E-state index contributed by atoms with van der Waals surface area (Å²) >= 11 is 0. The molecule has 1 aromatic heterocycles. The van der Waals surface area contributed by atoms with Gasteiger partial charge in [-0.05, 0) is 32.6 Å². The minimum atomic E-state index is -0.0305. The van der Waals surface area contributed by atoms with E-state index in [9.17, 15) is 4.79 Å². The number of likely N-dealkylation sites (tertiary alicyclic amines) is 1. The van der Waals surface area contributed by atoms with Gasteiger partial charge in [0.1, 0.15) is 0 Å². The Balaban J connectivity index is 1.58. The van der Waals surface area contributed by atoms with Crippen molar-refractivity contribution in [2.75, 3.05) is 19.7 Å². The van der Waals surface area contributed by atoms with E-state index in [-0.39, 0.29) is 18.2 Å². The van der Waals surface area contributed by atoms with Gasteiger partial charge in [-0.25, -0.2) is 4.79 Å². The molecule has 2 amide bonds. The molecule has 2 fully saturated rings. The fourth-order valence-electron chi connectivity index (χ4n) is 2.95. The van der Waals surface area contributed by atoms with Crippen molar-refractivity contribution in [3.05, 3.63) is 17.5 Å². The maximum atomic E-state index is 12.3. The van der Waals surface area contributed by atoms with E-state index in [1.165, 1.54) is 0 Å². The molecule has 0 aliphatic carbocycles. The monoisotopic (exact) mass is 279 g/mol. The molecule has 2 aliphatic heterocycles. The third kappa shape index (κ3) is 2.80. The normalized spacial score (nSPS) is 26.1. The highest BCUT2D eigenvalue weighted by Gasteiger charge is 2.33. The summed E-state index contributed by atoms with van der Waals surface area (Å²) in [6, 6.07) is 1.90. The van der Waals surface area contributed by atoms with Gasteiger partial charge in [-0.3, -0.25) is 0 Å². The van der Waals surface area contributed by atoms with Crippen LogP contribution >= 0.6 is 0 Å². The Morgan fingerprint density at radius 3 is 3.10 bits per heavy atom. The van der Waals surface area contributed by atoms with Crippen LogP contribution in [0, 0.1) is 6.92 Å². The van der Waals surface area contributed by atoms with Crippen molar-refractivity contribution in [2.24, 2.45) is 0 Å². The first-order chi connectivity index (χ1) is 9.74. The standard InChI is InChI=1S/C14H21N3O3/c1-10-8-13(20-16-10)12-5-2-6-17(12)14(18)15-9-11-4-3-7-19-11/h8,11-12H,2-7,9H2,1H3,(H,15,18)/t11-,12+/m1/s1. The van der Waals surface area contributed by atoms with Crippen molar-refractivity contribution in [3.63, 3.8) is 0 Å². The lowest BCUT2D eigenvalue weighted by atomic mass is 10.1. The summed E-state index contributed by atoms with van der Waals surface area (Å²) in [6.45, 7) is 4.06. The molecule has 0 unspecified atom stereocenters. The van der Waals surface area contributed by atoms with Crippen LogP contribution in [0.25, 0.3) is 0 Å². The first-order valence-electron chi connectivity index (χ1n) is 7.33. The second kappa shape index (κ2) is 5.83. The molecule has 0 spiro atoms. The highest BCUT2D eigenvalue weighted by molar-refractivity contribution is 5.75. The van der Waals surface area contributed by atoms with Crippen LogP contribution in [-0.4, -0.2) is 41.9 Å². The van der Waals surface area contributed by atoms with Crippen LogP contribution in [0.3, 0.4) is 0 Å². The Bertz CT molecular complexity index is 468. The average Bonchev–Trinajstić information content (AvgIpc) is 3.16. The molecule has 6 heteroatoms. The number of rotatable bonds is 3. The van der Waals surface area contributed by atoms with Gasteiger partial charge in [-0.2, -0.15) is 0 Å². The summed E-state index contributed by atoms with van der Waals surface area (Å²) in [7, 11) is 0. The number of nitrogens with one attached hydrogen (secondary N) is 1. The number of urea groups is 1. The lowest BCUT2D eigenvalue weighted by Gasteiger charge is -2.23. The van der Waals surface area contributed by atoms with Gasteiger partial charge in [0.15, 0.2) is 5.76 Å². The first-order valence-corrected chi connectivity index (χ1v) is 7.33. The van der Waals surface area contributed by atoms with Crippen molar-refractivity contribution in [1.29, 1.82) is 0 Å². The van der Waals surface area contributed by atoms with Gasteiger partial charge in [0.25, 0.3) is 0 Å². The van der Waals surface area contributed by atoms with Crippen molar-refractivity contribution < 1.29 is 14.1 Å². The zero-order valence-corrected chi connectivity index (χ0v) is 11.8. The van der Waals surface area contributed by atoms with Crippen molar-refractivity contribution in [3.8, 4) is 0 Å². The number of aromatic nitrogens is 1. The van der Waals surface area contributed by atoms with E-state index in [1.54, 1.807) is 0 Å². The number of ether oxygens (including phenoxy) is 1. The fraction of sp³-hybridized carbons (Fsp3) is 0.714. The number of hydrogen-bond donors (Lipinski definition) is 1. The number of carbonyl (C=O) groups is 1. The van der Waals surface area contributed by atoms with E-state index in [0.29, 0.717) is 6.54 Å². The van der Waals surface area contributed by atoms with Crippen molar-refractivity contribution >= 4 is 6.03 Å². The van der Waals surface area contributed by atoms with E-state index in [1.807, 2.05) is 17.9 Å². The van der Waals surface area contributed by atoms with E-state index < -0.39 is 0 Å². The second-order valence-electron chi connectivity index (χ2n) is 5.54. The Hall–Kier alpha value is -1.56.